The quantitative estimate of drug-likeness (QED) is 0.888. The number of nitrogens with zero attached hydrogens (tertiary/aromatic N) is 1. The molecule has 23 heavy (non-hydrogen) atoms. The lowest BCUT2D eigenvalue weighted by molar-refractivity contribution is 0.217. The molecule has 0 atom stereocenters. The van der Waals surface area contributed by atoms with Crippen LogP contribution in [0.2, 0.25) is 0 Å². The monoisotopic (exact) mass is 310 g/mol. The first-order valence-electron chi connectivity index (χ1n) is 8.59. The number of nitrogens with one attached hydrogen (secondary N) is 1. The highest BCUT2D eigenvalue weighted by Gasteiger charge is 2.09. The van der Waals surface area contributed by atoms with E-state index in [1.54, 1.807) is 0 Å². The molecule has 2 aromatic rings. The van der Waals surface area contributed by atoms with Crippen LogP contribution >= 0.6 is 0 Å². The molecule has 1 aliphatic rings. The fraction of sp³-hybridized carbons (Fsp3) is 0.400. The van der Waals surface area contributed by atoms with Crippen LogP contribution in [0.1, 0.15) is 17.5 Å². The van der Waals surface area contributed by atoms with Crippen molar-refractivity contribution in [2.75, 3.05) is 39.3 Å². The molecule has 122 valence electrons. The van der Waals surface area contributed by atoms with Crippen LogP contribution in [0.3, 0.4) is 0 Å². The summed E-state index contributed by atoms with van der Waals surface area (Å²) in [7, 11) is 0. The van der Waals surface area contributed by atoms with E-state index < -0.39 is 0 Å². The number of hydrogen-bond acceptors (Lipinski definition) is 3. The molecule has 0 unspecified atom stereocenters. The molecule has 1 heterocycles. The Labute approximate surface area is 139 Å². The second-order valence-electron chi connectivity index (χ2n) is 6.06. The van der Waals surface area contributed by atoms with Gasteiger partial charge in [-0.2, -0.15) is 0 Å². The molecule has 1 fully saturated rings. The normalized spacial score (nSPS) is 16.0. The van der Waals surface area contributed by atoms with Crippen molar-refractivity contribution in [3.63, 3.8) is 0 Å². The number of rotatable bonds is 6. The first kappa shape index (κ1) is 16.0. The van der Waals surface area contributed by atoms with Crippen molar-refractivity contribution < 1.29 is 4.74 Å². The fourth-order valence-electron chi connectivity index (χ4n) is 3.02. The molecule has 0 aromatic heterocycles. The fourth-order valence-corrected chi connectivity index (χ4v) is 3.02. The minimum atomic E-state index is 0.756. The van der Waals surface area contributed by atoms with Gasteiger partial charge < -0.3 is 10.1 Å². The standard InChI is InChI=1S/C20H26N2O/c1-2-7-18(8-3-1)17-19-9-4-5-10-20(19)23-16-15-22-13-6-11-21-12-14-22/h1-5,7-10,21H,6,11-17H2. The van der Waals surface area contributed by atoms with E-state index in [1.807, 2.05) is 0 Å². The molecule has 0 aliphatic carbocycles. The van der Waals surface area contributed by atoms with Crippen LogP contribution < -0.4 is 10.1 Å². The molecule has 0 amide bonds. The molecular weight excluding hydrogens is 284 g/mol. The topological polar surface area (TPSA) is 24.5 Å². The Balaban J connectivity index is 1.55. The summed E-state index contributed by atoms with van der Waals surface area (Å²) in [6.07, 6.45) is 2.15. The largest absolute Gasteiger partial charge is 0.492 e. The number of hydrogen-bond donors (Lipinski definition) is 1. The smallest absolute Gasteiger partial charge is 0.122 e. The Kier molecular flexibility index (Phi) is 6.07. The van der Waals surface area contributed by atoms with E-state index in [9.17, 15) is 0 Å². The molecule has 1 saturated heterocycles. The van der Waals surface area contributed by atoms with E-state index >= 15 is 0 Å². The van der Waals surface area contributed by atoms with E-state index in [2.05, 4.69) is 64.8 Å². The zero-order chi connectivity index (χ0) is 15.7. The summed E-state index contributed by atoms with van der Waals surface area (Å²) in [4.78, 5) is 2.49. The van der Waals surface area contributed by atoms with Gasteiger partial charge in [-0.15, -0.1) is 0 Å². The van der Waals surface area contributed by atoms with E-state index in [0.29, 0.717) is 0 Å². The molecule has 0 spiro atoms. The third-order valence-electron chi connectivity index (χ3n) is 4.31. The molecule has 0 bridgehead atoms. The van der Waals surface area contributed by atoms with Gasteiger partial charge in [-0.3, -0.25) is 4.90 Å². The van der Waals surface area contributed by atoms with Gasteiger partial charge in [0, 0.05) is 26.1 Å². The summed E-state index contributed by atoms with van der Waals surface area (Å²) in [6.45, 7) is 6.27. The molecular formula is C20H26N2O. The van der Waals surface area contributed by atoms with Gasteiger partial charge >= 0.3 is 0 Å². The molecule has 2 aromatic carbocycles. The van der Waals surface area contributed by atoms with Gasteiger partial charge in [0.05, 0.1) is 0 Å². The Morgan fingerprint density at radius 2 is 1.74 bits per heavy atom. The van der Waals surface area contributed by atoms with Gasteiger partial charge in [-0.25, -0.2) is 0 Å². The zero-order valence-electron chi connectivity index (χ0n) is 13.7. The van der Waals surface area contributed by atoms with Gasteiger partial charge in [0.15, 0.2) is 0 Å². The Morgan fingerprint density at radius 3 is 2.65 bits per heavy atom. The van der Waals surface area contributed by atoms with Crippen LogP contribution in [0.15, 0.2) is 54.6 Å². The highest BCUT2D eigenvalue weighted by atomic mass is 16.5. The molecule has 1 aliphatic heterocycles. The van der Waals surface area contributed by atoms with E-state index in [4.69, 9.17) is 4.74 Å². The Morgan fingerprint density at radius 1 is 0.913 bits per heavy atom. The minimum absolute atomic E-state index is 0.756. The van der Waals surface area contributed by atoms with Crippen molar-refractivity contribution in [2.45, 2.75) is 12.8 Å². The van der Waals surface area contributed by atoms with Gasteiger partial charge in [0.1, 0.15) is 12.4 Å². The van der Waals surface area contributed by atoms with Crippen LogP contribution in [0.25, 0.3) is 0 Å². The second-order valence-corrected chi connectivity index (χ2v) is 6.06. The summed E-state index contributed by atoms with van der Waals surface area (Å²) in [5, 5.41) is 3.44. The molecule has 0 radical (unpaired) electrons. The second kappa shape index (κ2) is 8.70. The number of para-hydroxylation sites is 1. The van der Waals surface area contributed by atoms with Crippen LogP contribution in [0.5, 0.6) is 5.75 Å². The first-order valence-corrected chi connectivity index (χ1v) is 8.59. The number of ether oxygens (including phenoxy) is 1. The van der Waals surface area contributed by atoms with Gasteiger partial charge in [-0.05, 0) is 36.7 Å². The summed E-state index contributed by atoms with van der Waals surface area (Å²) in [6, 6.07) is 19.0. The predicted octanol–water partition coefficient (Wildman–Crippen LogP) is 2.95. The van der Waals surface area contributed by atoms with Crippen LogP contribution in [-0.2, 0) is 6.42 Å². The molecule has 0 saturated carbocycles. The summed E-state index contributed by atoms with van der Waals surface area (Å²) in [5.41, 5.74) is 2.58. The van der Waals surface area contributed by atoms with E-state index in [1.165, 1.54) is 24.1 Å². The summed E-state index contributed by atoms with van der Waals surface area (Å²) < 4.78 is 6.09. The minimum Gasteiger partial charge on any atom is -0.492 e. The van der Waals surface area contributed by atoms with Crippen LogP contribution in [0.4, 0.5) is 0 Å². The van der Waals surface area contributed by atoms with Crippen molar-refractivity contribution in [3.05, 3.63) is 65.7 Å². The molecule has 1 N–H and O–H groups in total. The lowest BCUT2D eigenvalue weighted by atomic mass is 10.0. The van der Waals surface area contributed by atoms with Crippen LogP contribution in [-0.4, -0.2) is 44.2 Å². The Hall–Kier alpha value is -1.84. The van der Waals surface area contributed by atoms with E-state index in [-0.39, 0.29) is 0 Å². The van der Waals surface area contributed by atoms with E-state index in [0.717, 1.165) is 45.0 Å². The molecule has 3 heteroatoms. The van der Waals surface area contributed by atoms with Crippen molar-refractivity contribution in [1.29, 1.82) is 0 Å². The maximum absolute atomic E-state index is 6.09. The van der Waals surface area contributed by atoms with Crippen molar-refractivity contribution in [3.8, 4) is 5.75 Å². The third kappa shape index (κ3) is 5.08. The maximum atomic E-state index is 6.09. The lowest BCUT2D eigenvalue weighted by Gasteiger charge is -2.20. The zero-order valence-corrected chi connectivity index (χ0v) is 13.7. The average molecular weight is 310 g/mol. The highest BCUT2D eigenvalue weighted by Crippen LogP contribution is 2.21. The summed E-state index contributed by atoms with van der Waals surface area (Å²) >= 11 is 0. The van der Waals surface area contributed by atoms with Crippen molar-refractivity contribution in [1.82, 2.24) is 10.2 Å². The summed E-state index contributed by atoms with van der Waals surface area (Å²) in [5.74, 6) is 1.02. The van der Waals surface area contributed by atoms with Crippen molar-refractivity contribution in [2.24, 2.45) is 0 Å². The molecule has 3 rings (SSSR count). The average Bonchev–Trinajstić information content (AvgIpc) is 2.86. The van der Waals surface area contributed by atoms with Crippen molar-refractivity contribution >= 4 is 0 Å². The van der Waals surface area contributed by atoms with Crippen LogP contribution in [0, 0.1) is 0 Å². The van der Waals surface area contributed by atoms with Gasteiger partial charge in [-0.1, -0.05) is 48.5 Å². The lowest BCUT2D eigenvalue weighted by Crippen LogP contribution is -2.31. The van der Waals surface area contributed by atoms with Gasteiger partial charge in [0.2, 0.25) is 0 Å². The predicted molar refractivity (Wildman–Crippen MR) is 95.1 cm³/mol. The SMILES string of the molecule is c1ccc(Cc2ccccc2OCCN2CCCNCC2)cc1. The highest BCUT2D eigenvalue weighted by molar-refractivity contribution is 5.37. The first-order chi connectivity index (χ1) is 11.4. The number of benzene rings is 2. The Bertz CT molecular complexity index is 577. The molecule has 3 nitrogen and oxygen atoms in total. The van der Waals surface area contributed by atoms with Gasteiger partial charge in [0.25, 0.3) is 0 Å². The third-order valence-corrected chi connectivity index (χ3v) is 4.31. The maximum Gasteiger partial charge on any atom is 0.122 e.